The summed E-state index contributed by atoms with van der Waals surface area (Å²) in [6.45, 7) is 7.61. The second-order valence-electron chi connectivity index (χ2n) is 5.11. The Morgan fingerprint density at radius 3 is 2.62 bits per heavy atom. The van der Waals surface area contributed by atoms with Crippen LogP contribution in [0.1, 0.15) is 25.3 Å². The Morgan fingerprint density at radius 1 is 1.38 bits per heavy atom. The molecule has 5 nitrogen and oxygen atoms in total. The Hall–Kier alpha value is -2.18. The summed E-state index contributed by atoms with van der Waals surface area (Å²) in [6, 6.07) is 7.31. The van der Waals surface area contributed by atoms with Crippen LogP contribution in [-0.4, -0.2) is 24.7 Å². The van der Waals surface area contributed by atoms with E-state index < -0.39 is 0 Å². The summed E-state index contributed by atoms with van der Waals surface area (Å²) in [4.78, 5) is 17.3. The molecule has 26 heavy (non-hydrogen) atoms. The third-order valence-electron chi connectivity index (χ3n) is 3.36. The molecule has 2 aromatic rings. The number of carbonyl (C=O) groups excluding carboxylic acids is 1. The number of rotatable bonds is 8. The third kappa shape index (κ3) is 5.16. The number of methoxy groups -OCH3 is 1. The van der Waals surface area contributed by atoms with Crippen LogP contribution in [0, 0.1) is 0 Å². The number of ether oxygens (including phenoxy) is 2. The number of hydrogen-bond acceptors (Lipinski definition) is 6. The van der Waals surface area contributed by atoms with Gasteiger partial charge in [0, 0.05) is 10.5 Å². The zero-order chi connectivity index (χ0) is 19.1. The van der Waals surface area contributed by atoms with Crippen molar-refractivity contribution in [2.24, 2.45) is 0 Å². The van der Waals surface area contributed by atoms with Crippen LogP contribution in [0.3, 0.4) is 0 Å². The van der Waals surface area contributed by atoms with Gasteiger partial charge in [-0.05, 0) is 38.1 Å². The molecule has 1 aromatic heterocycles. The van der Waals surface area contributed by atoms with E-state index >= 15 is 0 Å². The first-order valence-electron chi connectivity index (χ1n) is 7.97. The number of benzene rings is 1. The lowest BCUT2D eigenvalue weighted by atomic mass is 10.2. The highest BCUT2D eigenvalue weighted by atomic mass is 35.5. The van der Waals surface area contributed by atoms with Gasteiger partial charge < -0.3 is 13.9 Å². The van der Waals surface area contributed by atoms with E-state index in [-0.39, 0.29) is 12.4 Å². The van der Waals surface area contributed by atoms with Gasteiger partial charge in [-0.15, -0.1) is 0 Å². The van der Waals surface area contributed by atoms with Gasteiger partial charge in [-0.3, -0.25) is 4.79 Å². The SMILES string of the molecule is C=C(Cl)S/C(=C\C)c1nc(-c2ccc(OC)cc2)oc1CC(=O)OCC. The Labute approximate surface area is 162 Å². The quantitative estimate of drug-likeness (QED) is 0.570. The van der Waals surface area contributed by atoms with Crippen LogP contribution in [0.25, 0.3) is 16.4 Å². The number of aromatic nitrogens is 1. The molecule has 0 N–H and O–H groups in total. The molecule has 0 radical (unpaired) electrons. The van der Waals surface area contributed by atoms with E-state index in [9.17, 15) is 4.79 Å². The molecule has 0 atom stereocenters. The van der Waals surface area contributed by atoms with E-state index in [1.54, 1.807) is 14.0 Å². The van der Waals surface area contributed by atoms with Crippen molar-refractivity contribution in [1.29, 1.82) is 0 Å². The van der Waals surface area contributed by atoms with E-state index in [1.165, 1.54) is 11.8 Å². The molecule has 0 amide bonds. The largest absolute Gasteiger partial charge is 0.497 e. The van der Waals surface area contributed by atoms with Gasteiger partial charge >= 0.3 is 5.97 Å². The van der Waals surface area contributed by atoms with Gasteiger partial charge in [-0.2, -0.15) is 0 Å². The average molecular weight is 394 g/mol. The van der Waals surface area contributed by atoms with Gasteiger partial charge in [0.05, 0.1) is 18.1 Å². The predicted octanol–water partition coefficient (Wildman–Crippen LogP) is 5.26. The number of oxazole rings is 1. The van der Waals surface area contributed by atoms with Crippen LogP contribution < -0.4 is 4.74 Å². The van der Waals surface area contributed by atoms with Gasteiger partial charge in [0.2, 0.25) is 5.89 Å². The maximum absolute atomic E-state index is 11.9. The van der Waals surface area contributed by atoms with Crippen molar-refractivity contribution in [2.75, 3.05) is 13.7 Å². The second-order valence-corrected chi connectivity index (χ2v) is 6.93. The van der Waals surface area contributed by atoms with Gasteiger partial charge in [-0.1, -0.05) is 36.0 Å². The molecule has 0 unspecified atom stereocenters. The number of esters is 1. The molecule has 7 heteroatoms. The van der Waals surface area contributed by atoms with E-state index in [4.69, 9.17) is 25.5 Å². The molecule has 0 saturated carbocycles. The highest BCUT2D eigenvalue weighted by Gasteiger charge is 2.21. The molecule has 0 bridgehead atoms. The van der Waals surface area contributed by atoms with Crippen LogP contribution in [-0.2, 0) is 16.0 Å². The van der Waals surface area contributed by atoms with Gasteiger partial charge in [0.15, 0.2) is 0 Å². The normalized spacial score (nSPS) is 11.3. The van der Waals surface area contributed by atoms with Crippen molar-refractivity contribution in [1.82, 2.24) is 4.98 Å². The summed E-state index contributed by atoms with van der Waals surface area (Å²) < 4.78 is 16.5. The fraction of sp³-hybridized carbons (Fsp3) is 0.263. The van der Waals surface area contributed by atoms with Crippen molar-refractivity contribution in [3.63, 3.8) is 0 Å². The molecule has 1 heterocycles. The minimum atomic E-state index is -0.378. The smallest absolute Gasteiger partial charge is 0.313 e. The second kappa shape index (κ2) is 9.50. The minimum Gasteiger partial charge on any atom is -0.497 e. The highest BCUT2D eigenvalue weighted by molar-refractivity contribution is 8.13. The van der Waals surface area contributed by atoms with Crippen molar-refractivity contribution in [2.45, 2.75) is 20.3 Å². The van der Waals surface area contributed by atoms with Crippen LogP contribution in [0.5, 0.6) is 5.75 Å². The van der Waals surface area contributed by atoms with Crippen LogP contribution >= 0.6 is 23.4 Å². The highest BCUT2D eigenvalue weighted by Crippen LogP contribution is 2.37. The molecule has 138 valence electrons. The number of allylic oxidation sites excluding steroid dienone is 1. The molecule has 0 fully saturated rings. The van der Waals surface area contributed by atoms with Crippen LogP contribution in [0.15, 0.2) is 45.7 Å². The molecule has 0 aliphatic rings. The van der Waals surface area contributed by atoms with E-state index in [0.717, 1.165) is 16.2 Å². The monoisotopic (exact) mass is 393 g/mol. The van der Waals surface area contributed by atoms with Crippen molar-refractivity contribution < 1.29 is 18.7 Å². The number of carbonyl (C=O) groups is 1. The Balaban J connectivity index is 2.44. The van der Waals surface area contributed by atoms with Gasteiger partial charge in [0.25, 0.3) is 0 Å². The fourth-order valence-corrected chi connectivity index (χ4v) is 3.09. The van der Waals surface area contributed by atoms with Crippen LogP contribution in [0.4, 0.5) is 0 Å². The molecule has 0 saturated heterocycles. The average Bonchev–Trinajstić information content (AvgIpc) is 3.03. The van der Waals surface area contributed by atoms with Crippen LogP contribution in [0.2, 0.25) is 0 Å². The standard InChI is InChI=1S/C19H20ClNO4S/c1-5-16(26-12(3)20)18-15(11-17(22)24-6-2)25-19(21-18)13-7-9-14(23-4)10-8-13/h5,7-10H,3,6,11H2,1-2,4H3/b16-5-. The van der Waals surface area contributed by atoms with E-state index in [2.05, 4.69) is 11.6 Å². The molecule has 1 aromatic carbocycles. The third-order valence-corrected chi connectivity index (χ3v) is 4.46. The summed E-state index contributed by atoms with van der Waals surface area (Å²) in [5.74, 6) is 1.18. The lowest BCUT2D eigenvalue weighted by molar-refractivity contribution is -0.142. The minimum absolute atomic E-state index is 0.0149. The van der Waals surface area contributed by atoms with Crippen molar-refractivity contribution in [3.8, 4) is 17.2 Å². The molecular formula is C19H20ClNO4S. The molecule has 0 spiro atoms. The lowest BCUT2D eigenvalue weighted by Gasteiger charge is -2.04. The topological polar surface area (TPSA) is 61.6 Å². The number of halogens is 1. The number of thioether (sulfide) groups is 1. The first kappa shape index (κ1) is 20.1. The Morgan fingerprint density at radius 2 is 2.08 bits per heavy atom. The van der Waals surface area contributed by atoms with Gasteiger partial charge in [-0.25, -0.2) is 4.98 Å². The van der Waals surface area contributed by atoms with E-state index in [1.807, 2.05) is 37.3 Å². The Bertz CT molecular complexity index is 811. The summed E-state index contributed by atoms with van der Waals surface area (Å²) >= 11 is 7.19. The first-order chi connectivity index (χ1) is 12.5. The summed E-state index contributed by atoms with van der Waals surface area (Å²) in [6.07, 6.45) is 1.83. The molecule has 0 aliphatic carbocycles. The summed E-state index contributed by atoms with van der Waals surface area (Å²) in [5.41, 5.74) is 1.32. The van der Waals surface area contributed by atoms with Gasteiger partial charge in [0.1, 0.15) is 23.6 Å². The molecule has 2 rings (SSSR count). The maximum Gasteiger partial charge on any atom is 0.313 e. The first-order valence-corrected chi connectivity index (χ1v) is 9.16. The number of hydrogen-bond donors (Lipinski definition) is 0. The zero-order valence-corrected chi connectivity index (χ0v) is 16.4. The number of nitrogens with zero attached hydrogens (tertiary/aromatic N) is 1. The fourth-order valence-electron chi connectivity index (χ4n) is 2.23. The summed E-state index contributed by atoms with van der Waals surface area (Å²) in [7, 11) is 1.60. The van der Waals surface area contributed by atoms with Crippen molar-refractivity contribution in [3.05, 3.63) is 52.7 Å². The van der Waals surface area contributed by atoms with Crippen molar-refractivity contribution >= 4 is 34.2 Å². The molecule has 0 aliphatic heterocycles. The summed E-state index contributed by atoms with van der Waals surface area (Å²) in [5, 5.41) is 0. The lowest BCUT2D eigenvalue weighted by Crippen LogP contribution is -2.08. The molecular weight excluding hydrogens is 374 g/mol. The zero-order valence-electron chi connectivity index (χ0n) is 14.9. The predicted molar refractivity (Wildman–Crippen MR) is 105 cm³/mol. The maximum atomic E-state index is 11.9. The van der Waals surface area contributed by atoms with E-state index in [0.29, 0.717) is 28.3 Å². The Kier molecular flexibility index (Phi) is 7.36.